The molecule has 0 saturated carbocycles. The van der Waals surface area contributed by atoms with Gasteiger partial charge in [0.2, 0.25) is 5.91 Å². The molecule has 0 unspecified atom stereocenters. The Morgan fingerprint density at radius 1 is 1.11 bits per heavy atom. The number of hydrogen-bond acceptors (Lipinski definition) is 2. The highest BCUT2D eigenvalue weighted by atomic mass is 19.2. The molecule has 1 aromatic heterocycles. The second kappa shape index (κ2) is 5.51. The fourth-order valence-corrected chi connectivity index (χ4v) is 1.49. The Morgan fingerprint density at radius 3 is 2.58 bits per heavy atom. The van der Waals surface area contributed by atoms with E-state index in [2.05, 4.69) is 10.3 Å². The third-order valence-electron chi connectivity index (χ3n) is 2.36. The molecule has 2 aromatic rings. The summed E-state index contributed by atoms with van der Waals surface area (Å²) < 4.78 is 38.9. The van der Waals surface area contributed by atoms with Gasteiger partial charge in [0.05, 0.1) is 6.42 Å². The van der Waals surface area contributed by atoms with E-state index in [9.17, 15) is 18.0 Å². The summed E-state index contributed by atoms with van der Waals surface area (Å²) in [6.07, 6.45) is 1.13. The van der Waals surface area contributed by atoms with Crippen molar-refractivity contribution in [2.24, 2.45) is 0 Å². The highest BCUT2D eigenvalue weighted by Gasteiger charge is 2.10. The summed E-state index contributed by atoms with van der Waals surface area (Å²) in [6.45, 7) is 0. The first-order valence-electron chi connectivity index (χ1n) is 5.40. The second-order valence-electron chi connectivity index (χ2n) is 3.81. The summed E-state index contributed by atoms with van der Waals surface area (Å²) in [6, 6.07) is 5.68. The number of rotatable bonds is 3. The Labute approximate surface area is 107 Å². The second-order valence-corrected chi connectivity index (χ2v) is 3.81. The van der Waals surface area contributed by atoms with Gasteiger partial charge in [-0.25, -0.2) is 18.2 Å². The summed E-state index contributed by atoms with van der Waals surface area (Å²) in [7, 11) is 0. The first-order chi connectivity index (χ1) is 9.06. The maximum Gasteiger partial charge on any atom is 0.230 e. The average Bonchev–Trinajstić information content (AvgIpc) is 2.37. The summed E-state index contributed by atoms with van der Waals surface area (Å²) >= 11 is 0. The molecule has 0 atom stereocenters. The van der Waals surface area contributed by atoms with Gasteiger partial charge in [0, 0.05) is 6.20 Å². The van der Waals surface area contributed by atoms with Crippen molar-refractivity contribution in [1.82, 2.24) is 4.98 Å². The van der Waals surface area contributed by atoms with Gasteiger partial charge >= 0.3 is 0 Å². The molecule has 0 aliphatic rings. The predicted octanol–water partition coefficient (Wildman–Crippen LogP) is 2.68. The van der Waals surface area contributed by atoms with Crippen molar-refractivity contribution in [1.29, 1.82) is 0 Å². The number of nitrogens with zero attached hydrogens (tertiary/aromatic N) is 1. The molecule has 0 aliphatic carbocycles. The maximum absolute atomic E-state index is 13.2. The number of pyridine rings is 1. The highest BCUT2D eigenvalue weighted by Crippen LogP contribution is 2.12. The molecule has 2 rings (SSSR count). The van der Waals surface area contributed by atoms with E-state index < -0.39 is 23.4 Å². The minimum absolute atomic E-state index is 0.199. The van der Waals surface area contributed by atoms with Gasteiger partial charge < -0.3 is 5.32 Å². The van der Waals surface area contributed by atoms with Gasteiger partial charge in [-0.3, -0.25) is 4.79 Å². The van der Waals surface area contributed by atoms with Crippen molar-refractivity contribution < 1.29 is 18.0 Å². The summed E-state index contributed by atoms with van der Waals surface area (Å²) in [5.41, 5.74) is 0.285. The van der Waals surface area contributed by atoms with Crippen LogP contribution < -0.4 is 5.32 Å². The van der Waals surface area contributed by atoms with E-state index in [0.29, 0.717) is 0 Å². The van der Waals surface area contributed by atoms with Gasteiger partial charge in [-0.1, -0.05) is 6.07 Å². The van der Waals surface area contributed by atoms with E-state index in [1.807, 2.05) is 0 Å². The lowest BCUT2D eigenvalue weighted by atomic mass is 10.1. The fraction of sp³-hybridized carbons (Fsp3) is 0.0769. The van der Waals surface area contributed by atoms with Crippen molar-refractivity contribution in [3.05, 3.63) is 59.5 Å². The zero-order valence-corrected chi connectivity index (χ0v) is 9.66. The molecule has 19 heavy (non-hydrogen) atoms. The molecule has 0 saturated heterocycles. The Kier molecular flexibility index (Phi) is 3.79. The standard InChI is InChI=1S/C13H9F3N2O/c14-9-4-3-8(6-11(9)16)7-12(19)18-13-10(15)2-1-5-17-13/h1-6H,7H2,(H,17,18,19). The Hall–Kier alpha value is -2.37. The number of anilines is 1. The van der Waals surface area contributed by atoms with Crippen LogP contribution in [0.5, 0.6) is 0 Å². The van der Waals surface area contributed by atoms with Crippen LogP contribution in [0.1, 0.15) is 5.56 Å². The number of halogens is 3. The van der Waals surface area contributed by atoms with Gasteiger partial charge in [-0.05, 0) is 29.8 Å². The number of carbonyl (C=O) groups is 1. The van der Waals surface area contributed by atoms with Crippen molar-refractivity contribution in [3.8, 4) is 0 Å². The molecule has 1 heterocycles. The average molecular weight is 266 g/mol. The Bertz CT molecular complexity index is 617. The molecule has 0 spiro atoms. The monoisotopic (exact) mass is 266 g/mol. The summed E-state index contributed by atoms with van der Waals surface area (Å²) in [5.74, 6) is -3.45. The van der Waals surface area contributed by atoms with Gasteiger partial charge in [0.1, 0.15) is 0 Å². The molecule has 1 amide bonds. The molecule has 0 bridgehead atoms. The van der Waals surface area contributed by atoms with Gasteiger partial charge in [-0.15, -0.1) is 0 Å². The molecule has 6 heteroatoms. The SMILES string of the molecule is O=C(Cc1ccc(F)c(F)c1)Nc1ncccc1F. The van der Waals surface area contributed by atoms with Gasteiger partial charge in [0.15, 0.2) is 23.3 Å². The number of nitrogens with one attached hydrogen (secondary N) is 1. The van der Waals surface area contributed by atoms with Crippen LogP contribution in [0.25, 0.3) is 0 Å². The zero-order chi connectivity index (χ0) is 13.8. The van der Waals surface area contributed by atoms with Crippen molar-refractivity contribution in [2.75, 3.05) is 5.32 Å². The van der Waals surface area contributed by atoms with E-state index in [-0.39, 0.29) is 17.8 Å². The summed E-state index contributed by atoms with van der Waals surface area (Å²) in [4.78, 5) is 15.2. The van der Waals surface area contributed by atoms with Crippen LogP contribution in [0.2, 0.25) is 0 Å². The number of carbonyl (C=O) groups excluding carboxylic acids is 1. The van der Waals surface area contributed by atoms with Crippen LogP contribution in [0, 0.1) is 17.5 Å². The third kappa shape index (κ3) is 3.31. The summed E-state index contributed by atoms with van der Waals surface area (Å²) in [5, 5.41) is 2.25. The van der Waals surface area contributed by atoms with Crippen LogP contribution >= 0.6 is 0 Å². The topological polar surface area (TPSA) is 42.0 Å². The molecule has 1 aromatic carbocycles. The normalized spacial score (nSPS) is 10.3. The Balaban J connectivity index is 2.05. The first-order valence-corrected chi connectivity index (χ1v) is 5.40. The third-order valence-corrected chi connectivity index (χ3v) is 2.36. The first kappa shape index (κ1) is 13.1. The van der Waals surface area contributed by atoms with E-state index in [0.717, 1.165) is 18.2 Å². The quantitative estimate of drug-likeness (QED) is 0.928. The molecular weight excluding hydrogens is 257 g/mol. The van der Waals surface area contributed by atoms with Crippen LogP contribution in [0.3, 0.4) is 0 Å². The molecule has 0 aliphatic heterocycles. The fourth-order valence-electron chi connectivity index (χ4n) is 1.49. The molecule has 3 nitrogen and oxygen atoms in total. The van der Waals surface area contributed by atoms with E-state index in [1.54, 1.807) is 0 Å². The minimum atomic E-state index is -1.03. The maximum atomic E-state index is 13.2. The number of aromatic nitrogens is 1. The van der Waals surface area contributed by atoms with Crippen LogP contribution in [-0.2, 0) is 11.2 Å². The largest absolute Gasteiger partial charge is 0.308 e. The van der Waals surface area contributed by atoms with Crippen LogP contribution in [0.15, 0.2) is 36.5 Å². The molecular formula is C13H9F3N2O. The van der Waals surface area contributed by atoms with Gasteiger partial charge in [-0.2, -0.15) is 0 Å². The minimum Gasteiger partial charge on any atom is -0.308 e. The zero-order valence-electron chi connectivity index (χ0n) is 9.66. The van der Waals surface area contributed by atoms with E-state index in [1.165, 1.54) is 18.3 Å². The lowest BCUT2D eigenvalue weighted by Crippen LogP contribution is -2.16. The lowest BCUT2D eigenvalue weighted by molar-refractivity contribution is -0.115. The van der Waals surface area contributed by atoms with Crippen molar-refractivity contribution in [3.63, 3.8) is 0 Å². The number of hydrogen-bond donors (Lipinski definition) is 1. The van der Waals surface area contributed by atoms with Crippen molar-refractivity contribution >= 4 is 11.7 Å². The lowest BCUT2D eigenvalue weighted by Gasteiger charge is -2.05. The van der Waals surface area contributed by atoms with Gasteiger partial charge in [0.25, 0.3) is 0 Å². The highest BCUT2D eigenvalue weighted by molar-refractivity contribution is 5.91. The molecule has 1 N–H and O–H groups in total. The van der Waals surface area contributed by atoms with E-state index in [4.69, 9.17) is 0 Å². The Morgan fingerprint density at radius 2 is 1.89 bits per heavy atom. The molecule has 0 radical (unpaired) electrons. The number of amides is 1. The molecule has 98 valence electrons. The van der Waals surface area contributed by atoms with E-state index >= 15 is 0 Å². The predicted molar refractivity (Wildman–Crippen MR) is 62.9 cm³/mol. The molecule has 0 fully saturated rings. The van der Waals surface area contributed by atoms with Crippen LogP contribution in [0.4, 0.5) is 19.0 Å². The smallest absolute Gasteiger partial charge is 0.230 e. The number of benzene rings is 1. The van der Waals surface area contributed by atoms with Crippen LogP contribution in [-0.4, -0.2) is 10.9 Å². The van der Waals surface area contributed by atoms with Crippen molar-refractivity contribution in [2.45, 2.75) is 6.42 Å².